The number of hydrogen-bond acceptors (Lipinski definition) is 4. The van der Waals surface area contributed by atoms with Crippen molar-refractivity contribution in [2.45, 2.75) is 51.9 Å². The van der Waals surface area contributed by atoms with Gasteiger partial charge in [0.2, 0.25) is 0 Å². The summed E-state index contributed by atoms with van der Waals surface area (Å²) in [6.07, 6.45) is -0.112. The van der Waals surface area contributed by atoms with Crippen LogP contribution in [0.3, 0.4) is 0 Å². The third kappa shape index (κ3) is 3.11. The molecule has 5 nitrogen and oxygen atoms in total. The predicted molar refractivity (Wildman–Crippen MR) is 53.3 cm³/mol. The fraction of sp³-hybridized carbons (Fsp3) is 0.800. The Kier molecular flexibility index (Phi) is 3.21. The zero-order chi connectivity index (χ0) is 11.6. The van der Waals surface area contributed by atoms with Crippen molar-refractivity contribution < 1.29 is 19.1 Å². The summed E-state index contributed by atoms with van der Waals surface area (Å²) in [5, 5.41) is 2.49. The third-order valence-corrected chi connectivity index (χ3v) is 1.97. The lowest BCUT2D eigenvalue weighted by Crippen LogP contribution is -2.60. The monoisotopic (exact) mass is 215 g/mol. The van der Waals surface area contributed by atoms with Crippen LogP contribution in [0.1, 0.15) is 34.1 Å². The Hall–Kier alpha value is -1.26. The lowest BCUT2D eigenvalue weighted by molar-refractivity contribution is -0.176. The molecule has 5 heteroatoms. The van der Waals surface area contributed by atoms with E-state index in [0.29, 0.717) is 6.42 Å². The van der Waals surface area contributed by atoms with E-state index in [1.54, 1.807) is 20.8 Å². The molecule has 0 aromatic rings. The molecule has 1 N–H and O–H groups in total. The van der Waals surface area contributed by atoms with Crippen LogP contribution in [-0.2, 0) is 14.3 Å². The van der Waals surface area contributed by atoms with Crippen molar-refractivity contribution in [2.75, 3.05) is 0 Å². The number of carbonyl (C=O) groups excluding carboxylic acids is 2. The Morgan fingerprint density at radius 3 is 2.53 bits per heavy atom. The topological polar surface area (TPSA) is 64.6 Å². The average molecular weight is 215 g/mol. The second-order valence-corrected chi connectivity index (χ2v) is 4.51. The van der Waals surface area contributed by atoms with E-state index in [1.807, 2.05) is 6.92 Å². The first kappa shape index (κ1) is 11.8. The second kappa shape index (κ2) is 4.08. The molecule has 0 aromatic heterocycles. The molecule has 0 radical (unpaired) electrons. The van der Waals surface area contributed by atoms with E-state index in [9.17, 15) is 9.59 Å². The van der Waals surface area contributed by atoms with E-state index >= 15 is 0 Å². The minimum Gasteiger partial charge on any atom is -0.458 e. The summed E-state index contributed by atoms with van der Waals surface area (Å²) in [7, 11) is 0. The van der Waals surface area contributed by atoms with Crippen molar-refractivity contribution in [3.05, 3.63) is 0 Å². The zero-order valence-corrected chi connectivity index (χ0v) is 9.49. The normalized spacial score (nSPS) is 25.2. The number of nitrogens with one attached hydrogen (secondary N) is 1. The van der Waals surface area contributed by atoms with Gasteiger partial charge in [0.15, 0.2) is 6.04 Å². The highest BCUT2D eigenvalue weighted by atomic mass is 16.6. The van der Waals surface area contributed by atoms with Gasteiger partial charge in [-0.3, -0.25) is 0 Å². The first-order valence-electron chi connectivity index (χ1n) is 5.03. The molecule has 0 aliphatic carbocycles. The van der Waals surface area contributed by atoms with E-state index in [-0.39, 0.29) is 6.10 Å². The Morgan fingerprint density at radius 2 is 2.13 bits per heavy atom. The lowest BCUT2D eigenvalue weighted by Gasteiger charge is -2.35. The van der Waals surface area contributed by atoms with Crippen LogP contribution in [0.2, 0.25) is 0 Å². The van der Waals surface area contributed by atoms with Crippen LogP contribution >= 0.6 is 0 Å². The number of amides is 1. The first-order chi connectivity index (χ1) is 6.83. The molecule has 15 heavy (non-hydrogen) atoms. The van der Waals surface area contributed by atoms with Gasteiger partial charge in [-0.2, -0.15) is 0 Å². The van der Waals surface area contributed by atoms with Crippen LogP contribution < -0.4 is 5.32 Å². The number of cyclic esters (lactones) is 1. The number of rotatable bonds is 2. The Morgan fingerprint density at radius 1 is 1.53 bits per heavy atom. The van der Waals surface area contributed by atoms with Crippen molar-refractivity contribution >= 4 is 12.1 Å². The van der Waals surface area contributed by atoms with Crippen molar-refractivity contribution in [2.24, 2.45) is 0 Å². The maximum atomic E-state index is 11.3. The number of carbonyl (C=O) groups is 2. The van der Waals surface area contributed by atoms with Crippen molar-refractivity contribution in [1.82, 2.24) is 5.32 Å². The van der Waals surface area contributed by atoms with E-state index in [1.165, 1.54) is 0 Å². The number of ether oxygens (including phenoxy) is 2. The van der Waals surface area contributed by atoms with Gasteiger partial charge in [0, 0.05) is 0 Å². The van der Waals surface area contributed by atoms with Crippen molar-refractivity contribution in [1.29, 1.82) is 0 Å². The molecule has 1 heterocycles. The van der Waals surface area contributed by atoms with E-state index < -0.39 is 23.7 Å². The molecule has 0 aromatic carbocycles. The molecule has 1 fully saturated rings. The van der Waals surface area contributed by atoms with Crippen LogP contribution in [0.15, 0.2) is 0 Å². The smallest absolute Gasteiger partial charge is 0.408 e. The maximum Gasteiger partial charge on any atom is 0.408 e. The lowest BCUT2D eigenvalue weighted by atomic mass is 10.0. The molecule has 2 atom stereocenters. The molecule has 1 amide bonds. The largest absolute Gasteiger partial charge is 0.458 e. The fourth-order valence-corrected chi connectivity index (χ4v) is 1.28. The van der Waals surface area contributed by atoms with Gasteiger partial charge < -0.3 is 14.8 Å². The Bertz CT molecular complexity index is 269. The molecule has 1 rings (SSSR count). The van der Waals surface area contributed by atoms with E-state index in [2.05, 4.69) is 5.32 Å². The summed E-state index contributed by atoms with van der Waals surface area (Å²) >= 11 is 0. The van der Waals surface area contributed by atoms with Gasteiger partial charge in [0.1, 0.15) is 11.7 Å². The highest BCUT2D eigenvalue weighted by Gasteiger charge is 2.42. The van der Waals surface area contributed by atoms with Crippen molar-refractivity contribution in [3.8, 4) is 0 Å². The highest BCUT2D eigenvalue weighted by Crippen LogP contribution is 2.18. The van der Waals surface area contributed by atoms with Crippen LogP contribution in [0.4, 0.5) is 4.79 Å². The van der Waals surface area contributed by atoms with Gasteiger partial charge in [-0.25, -0.2) is 9.59 Å². The first-order valence-corrected chi connectivity index (χ1v) is 5.03. The Labute approximate surface area is 89.1 Å². The van der Waals surface area contributed by atoms with Gasteiger partial charge in [-0.1, -0.05) is 6.92 Å². The van der Waals surface area contributed by atoms with Gasteiger partial charge in [0.25, 0.3) is 0 Å². The van der Waals surface area contributed by atoms with Crippen LogP contribution in [0.5, 0.6) is 0 Å². The Balaban J connectivity index is 2.41. The summed E-state index contributed by atoms with van der Waals surface area (Å²) in [4.78, 5) is 22.3. The quantitative estimate of drug-likeness (QED) is 0.703. The number of alkyl carbamates (subject to hydrolysis) is 1. The van der Waals surface area contributed by atoms with Crippen LogP contribution in [0, 0.1) is 0 Å². The highest BCUT2D eigenvalue weighted by molar-refractivity contribution is 5.86. The summed E-state index contributed by atoms with van der Waals surface area (Å²) in [6.45, 7) is 7.19. The minimum absolute atomic E-state index is 0.218. The zero-order valence-electron chi connectivity index (χ0n) is 9.49. The SMILES string of the molecule is CC[C@@H]1OC(=O)[C@H]1NC(=O)OC(C)(C)C. The second-order valence-electron chi connectivity index (χ2n) is 4.51. The average Bonchev–Trinajstić information content (AvgIpc) is 2.07. The van der Waals surface area contributed by atoms with Crippen LogP contribution in [-0.4, -0.2) is 29.8 Å². The van der Waals surface area contributed by atoms with E-state index in [4.69, 9.17) is 9.47 Å². The van der Waals surface area contributed by atoms with E-state index in [0.717, 1.165) is 0 Å². The van der Waals surface area contributed by atoms with Gasteiger partial charge in [-0.05, 0) is 27.2 Å². The fourth-order valence-electron chi connectivity index (χ4n) is 1.28. The molecular weight excluding hydrogens is 198 g/mol. The predicted octanol–water partition coefficient (Wildman–Crippen LogP) is 1.22. The molecule has 1 aliphatic rings. The minimum atomic E-state index is -0.581. The number of esters is 1. The summed E-state index contributed by atoms with van der Waals surface area (Å²) in [5.74, 6) is -0.396. The molecular formula is C10H17NO4. The van der Waals surface area contributed by atoms with Gasteiger partial charge >= 0.3 is 12.1 Å². The van der Waals surface area contributed by atoms with Gasteiger partial charge in [-0.15, -0.1) is 0 Å². The molecule has 0 bridgehead atoms. The van der Waals surface area contributed by atoms with Gasteiger partial charge in [0.05, 0.1) is 0 Å². The molecule has 1 saturated heterocycles. The molecule has 0 unspecified atom stereocenters. The molecule has 1 aliphatic heterocycles. The standard InChI is InChI=1S/C10H17NO4/c1-5-6-7(8(12)14-6)11-9(13)15-10(2,3)4/h6-7H,5H2,1-4H3,(H,11,13)/t6-,7-/m0/s1. The molecule has 86 valence electrons. The third-order valence-electron chi connectivity index (χ3n) is 1.97. The maximum absolute atomic E-state index is 11.3. The number of hydrogen-bond donors (Lipinski definition) is 1. The van der Waals surface area contributed by atoms with Crippen LogP contribution in [0.25, 0.3) is 0 Å². The summed E-state index contributed by atoms with van der Waals surface area (Å²) < 4.78 is 9.85. The summed E-state index contributed by atoms with van der Waals surface area (Å²) in [6, 6.07) is -0.551. The summed E-state index contributed by atoms with van der Waals surface area (Å²) in [5.41, 5.74) is -0.556. The molecule has 0 spiro atoms. The van der Waals surface area contributed by atoms with Crippen molar-refractivity contribution in [3.63, 3.8) is 0 Å². The molecule has 0 saturated carbocycles.